The molecular formula is C11H7Cl2NO2S2. The van der Waals surface area contributed by atoms with E-state index in [2.05, 4.69) is 4.98 Å². The molecule has 0 saturated heterocycles. The lowest BCUT2D eigenvalue weighted by Gasteiger charge is -2.01. The number of aliphatic carboxylic acids is 1. The summed E-state index contributed by atoms with van der Waals surface area (Å²) in [6.07, 6.45) is 0. The largest absolute Gasteiger partial charge is 0.481 e. The van der Waals surface area contributed by atoms with Crippen molar-refractivity contribution in [3.05, 3.63) is 33.6 Å². The Hall–Kier alpha value is -0.750. The molecule has 0 amide bonds. The van der Waals surface area contributed by atoms with E-state index in [1.165, 1.54) is 23.1 Å². The molecule has 0 spiro atoms. The second-order valence-electron chi connectivity index (χ2n) is 3.28. The monoisotopic (exact) mass is 319 g/mol. The van der Waals surface area contributed by atoms with Gasteiger partial charge >= 0.3 is 5.97 Å². The van der Waals surface area contributed by atoms with E-state index in [0.29, 0.717) is 20.1 Å². The van der Waals surface area contributed by atoms with Crippen molar-refractivity contribution in [2.75, 3.05) is 5.75 Å². The molecule has 0 atom stereocenters. The lowest BCUT2D eigenvalue weighted by atomic mass is 10.2. The number of thioether (sulfide) groups is 1. The third kappa shape index (κ3) is 3.17. The standard InChI is InChI=1S/C11H7Cl2NO2S2/c12-7-3-1-2-6(10(7)13)8-4-17-11(14-8)18-5-9(15)16/h1-4H,5H2,(H,15,16). The van der Waals surface area contributed by atoms with E-state index in [0.717, 1.165) is 5.56 Å². The second-order valence-corrected chi connectivity index (χ2v) is 6.15. The smallest absolute Gasteiger partial charge is 0.313 e. The van der Waals surface area contributed by atoms with Gasteiger partial charge in [0.1, 0.15) is 0 Å². The first-order valence-electron chi connectivity index (χ1n) is 4.82. The molecule has 3 nitrogen and oxygen atoms in total. The van der Waals surface area contributed by atoms with Gasteiger partial charge < -0.3 is 5.11 Å². The molecule has 0 aliphatic rings. The maximum atomic E-state index is 10.5. The molecule has 18 heavy (non-hydrogen) atoms. The zero-order valence-corrected chi connectivity index (χ0v) is 12.0. The van der Waals surface area contributed by atoms with Gasteiger partial charge in [-0.2, -0.15) is 0 Å². The quantitative estimate of drug-likeness (QED) is 0.854. The summed E-state index contributed by atoms with van der Waals surface area (Å²) in [6.45, 7) is 0. The van der Waals surface area contributed by atoms with Gasteiger partial charge in [0, 0.05) is 10.9 Å². The summed E-state index contributed by atoms with van der Waals surface area (Å²) >= 11 is 14.6. The first-order chi connectivity index (χ1) is 8.58. The van der Waals surface area contributed by atoms with Crippen molar-refractivity contribution in [1.29, 1.82) is 0 Å². The molecule has 0 bridgehead atoms. The third-order valence-corrected chi connectivity index (χ3v) is 4.85. The molecule has 1 N–H and O–H groups in total. The van der Waals surface area contributed by atoms with Crippen LogP contribution in [0.5, 0.6) is 0 Å². The molecule has 94 valence electrons. The number of aromatic nitrogens is 1. The fourth-order valence-corrected chi connectivity index (χ4v) is 3.22. The van der Waals surface area contributed by atoms with Gasteiger partial charge in [-0.25, -0.2) is 4.98 Å². The van der Waals surface area contributed by atoms with Gasteiger partial charge in [0.15, 0.2) is 4.34 Å². The number of hydrogen-bond donors (Lipinski definition) is 1. The van der Waals surface area contributed by atoms with Crippen LogP contribution in [-0.4, -0.2) is 21.8 Å². The Balaban J connectivity index is 2.24. The fourth-order valence-electron chi connectivity index (χ4n) is 1.27. The van der Waals surface area contributed by atoms with E-state index >= 15 is 0 Å². The van der Waals surface area contributed by atoms with Gasteiger partial charge in [-0.05, 0) is 6.07 Å². The summed E-state index contributed by atoms with van der Waals surface area (Å²) < 4.78 is 0.698. The Morgan fingerprint density at radius 1 is 1.44 bits per heavy atom. The maximum absolute atomic E-state index is 10.5. The highest BCUT2D eigenvalue weighted by Crippen LogP contribution is 2.35. The van der Waals surface area contributed by atoms with Crippen LogP contribution in [0.25, 0.3) is 11.3 Å². The molecule has 0 fully saturated rings. The number of hydrogen-bond acceptors (Lipinski definition) is 4. The van der Waals surface area contributed by atoms with Gasteiger partial charge in [0.25, 0.3) is 0 Å². The predicted octanol–water partition coefficient (Wildman–Crippen LogP) is 4.29. The van der Waals surface area contributed by atoms with Crippen molar-refractivity contribution in [3.63, 3.8) is 0 Å². The SMILES string of the molecule is O=C(O)CSc1nc(-c2cccc(Cl)c2Cl)cs1. The topological polar surface area (TPSA) is 50.2 Å². The summed E-state index contributed by atoms with van der Waals surface area (Å²) in [5.41, 5.74) is 1.46. The molecule has 2 rings (SSSR count). The molecular weight excluding hydrogens is 313 g/mol. The van der Waals surface area contributed by atoms with E-state index in [4.69, 9.17) is 28.3 Å². The minimum absolute atomic E-state index is 0.00374. The van der Waals surface area contributed by atoms with Crippen LogP contribution in [0.15, 0.2) is 27.9 Å². The Morgan fingerprint density at radius 3 is 2.94 bits per heavy atom. The second kappa shape index (κ2) is 5.93. The average Bonchev–Trinajstić information content (AvgIpc) is 2.78. The summed E-state index contributed by atoms with van der Waals surface area (Å²) in [7, 11) is 0. The van der Waals surface area contributed by atoms with E-state index in [-0.39, 0.29) is 5.75 Å². The van der Waals surface area contributed by atoms with Gasteiger partial charge in [0.2, 0.25) is 0 Å². The Morgan fingerprint density at radius 2 is 2.22 bits per heavy atom. The van der Waals surface area contributed by atoms with Crippen molar-refractivity contribution in [2.45, 2.75) is 4.34 Å². The lowest BCUT2D eigenvalue weighted by Crippen LogP contribution is -1.96. The molecule has 0 saturated carbocycles. The number of benzene rings is 1. The number of halogens is 2. The lowest BCUT2D eigenvalue weighted by molar-refractivity contribution is -0.133. The molecule has 0 aliphatic heterocycles. The summed E-state index contributed by atoms with van der Waals surface area (Å²) in [4.78, 5) is 14.8. The van der Waals surface area contributed by atoms with Crippen LogP contribution in [-0.2, 0) is 4.79 Å². The minimum Gasteiger partial charge on any atom is -0.481 e. The van der Waals surface area contributed by atoms with Gasteiger partial charge in [-0.1, -0.05) is 47.1 Å². The number of carbonyl (C=O) groups is 1. The molecule has 2 aromatic rings. The van der Waals surface area contributed by atoms with Crippen molar-refractivity contribution < 1.29 is 9.90 Å². The first kappa shape index (κ1) is 13.7. The predicted molar refractivity (Wildman–Crippen MR) is 75.9 cm³/mol. The zero-order chi connectivity index (χ0) is 13.1. The zero-order valence-electron chi connectivity index (χ0n) is 8.89. The number of nitrogens with zero attached hydrogens (tertiary/aromatic N) is 1. The third-order valence-electron chi connectivity index (χ3n) is 2.03. The highest BCUT2D eigenvalue weighted by Gasteiger charge is 2.11. The number of thiazole rings is 1. The Bertz CT molecular complexity index is 586. The van der Waals surface area contributed by atoms with Crippen LogP contribution < -0.4 is 0 Å². The van der Waals surface area contributed by atoms with Gasteiger partial charge in [-0.15, -0.1) is 11.3 Å². The van der Waals surface area contributed by atoms with Gasteiger partial charge in [-0.3, -0.25) is 4.79 Å². The fraction of sp³-hybridized carbons (Fsp3) is 0.0909. The van der Waals surface area contributed by atoms with E-state index in [9.17, 15) is 4.79 Å². The summed E-state index contributed by atoms with van der Waals surface area (Å²) in [6, 6.07) is 5.34. The molecule has 0 unspecified atom stereocenters. The van der Waals surface area contributed by atoms with Crippen LogP contribution in [0, 0.1) is 0 Å². The molecule has 0 aliphatic carbocycles. The van der Waals surface area contributed by atoms with E-state index < -0.39 is 5.97 Å². The van der Waals surface area contributed by atoms with E-state index in [1.807, 2.05) is 11.4 Å². The highest BCUT2D eigenvalue weighted by molar-refractivity contribution is 8.01. The molecule has 1 heterocycles. The van der Waals surface area contributed by atoms with Crippen LogP contribution in [0.1, 0.15) is 0 Å². The molecule has 0 radical (unpaired) electrons. The normalized spacial score (nSPS) is 10.6. The maximum Gasteiger partial charge on any atom is 0.313 e. The van der Waals surface area contributed by atoms with Crippen molar-refractivity contribution >= 4 is 52.3 Å². The molecule has 1 aromatic heterocycles. The van der Waals surface area contributed by atoms with Crippen LogP contribution >= 0.6 is 46.3 Å². The van der Waals surface area contributed by atoms with Crippen LogP contribution in [0.3, 0.4) is 0 Å². The highest BCUT2D eigenvalue weighted by atomic mass is 35.5. The summed E-state index contributed by atoms with van der Waals surface area (Å²) in [5.74, 6) is -0.867. The molecule has 1 aromatic carbocycles. The summed E-state index contributed by atoms with van der Waals surface area (Å²) in [5, 5.41) is 11.4. The van der Waals surface area contributed by atoms with Crippen molar-refractivity contribution in [1.82, 2.24) is 4.98 Å². The number of carboxylic acid groups (broad SMARTS) is 1. The minimum atomic E-state index is -0.863. The van der Waals surface area contributed by atoms with Crippen molar-refractivity contribution in [3.8, 4) is 11.3 Å². The van der Waals surface area contributed by atoms with E-state index in [1.54, 1.807) is 12.1 Å². The first-order valence-corrected chi connectivity index (χ1v) is 7.44. The number of carboxylic acids is 1. The van der Waals surface area contributed by atoms with Crippen LogP contribution in [0.4, 0.5) is 0 Å². The Kier molecular flexibility index (Phi) is 4.50. The molecule has 7 heteroatoms. The van der Waals surface area contributed by atoms with Gasteiger partial charge in [0.05, 0.1) is 21.5 Å². The van der Waals surface area contributed by atoms with Crippen LogP contribution in [0.2, 0.25) is 10.0 Å². The van der Waals surface area contributed by atoms with Crippen molar-refractivity contribution in [2.24, 2.45) is 0 Å². The number of rotatable bonds is 4. The Labute approximate surface area is 122 Å². The average molecular weight is 320 g/mol.